The first-order valence-corrected chi connectivity index (χ1v) is 8.83. The number of carbonyl (C=O) groups excluding carboxylic acids is 2. The maximum Gasteiger partial charge on any atom is 0.343 e. The van der Waals surface area contributed by atoms with Crippen molar-refractivity contribution < 1.29 is 18.7 Å². The van der Waals surface area contributed by atoms with Gasteiger partial charge in [0.05, 0.1) is 5.02 Å². The Bertz CT molecular complexity index is 786. The van der Waals surface area contributed by atoms with E-state index in [0.717, 1.165) is 25.3 Å². The van der Waals surface area contributed by atoms with E-state index in [1.807, 2.05) is 18.2 Å². The number of hydrogen-bond donors (Lipinski definition) is 1. The Morgan fingerprint density at radius 1 is 1.12 bits per heavy atom. The van der Waals surface area contributed by atoms with Gasteiger partial charge in [-0.3, -0.25) is 4.79 Å². The molecule has 0 aromatic heterocycles. The van der Waals surface area contributed by atoms with E-state index in [9.17, 15) is 14.0 Å². The molecule has 0 spiro atoms. The number of nitrogens with one attached hydrogen (secondary N) is 1. The Hall–Kier alpha value is -2.40. The first-order chi connectivity index (χ1) is 12.5. The number of ether oxygens (including phenoxy) is 1. The maximum absolute atomic E-state index is 13.7. The van der Waals surface area contributed by atoms with Gasteiger partial charge in [0, 0.05) is 12.0 Å². The summed E-state index contributed by atoms with van der Waals surface area (Å²) in [4.78, 5) is 24.0. The summed E-state index contributed by atoms with van der Waals surface area (Å²) in [6.07, 6.45) is 3.12. The molecule has 26 heavy (non-hydrogen) atoms. The second-order valence-electron chi connectivity index (χ2n) is 6.45. The highest BCUT2D eigenvalue weighted by atomic mass is 35.5. The lowest BCUT2D eigenvalue weighted by Gasteiger charge is -2.42. The summed E-state index contributed by atoms with van der Waals surface area (Å²) < 4.78 is 18.6. The van der Waals surface area contributed by atoms with Gasteiger partial charge < -0.3 is 10.1 Å². The smallest absolute Gasteiger partial charge is 0.343 e. The minimum absolute atomic E-state index is 0.0482. The largest absolute Gasteiger partial charge is 0.452 e. The molecule has 4 nitrogen and oxygen atoms in total. The summed E-state index contributed by atoms with van der Waals surface area (Å²) in [6, 6.07) is 13.9. The first-order valence-electron chi connectivity index (χ1n) is 8.45. The zero-order valence-electron chi connectivity index (χ0n) is 14.1. The lowest BCUT2D eigenvalue weighted by molar-refractivity contribution is -0.124. The predicted octanol–water partition coefficient (Wildman–Crippen LogP) is 3.87. The van der Waals surface area contributed by atoms with Crippen LogP contribution in [0.25, 0.3) is 0 Å². The van der Waals surface area contributed by atoms with Crippen molar-refractivity contribution in [1.29, 1.82) is 0 Å². The number of benzene rings is 2. The first kappa shape index (κ1) is 18.4. The van der Waals surface area contributed by atoms with Gasteiger partial charge in [0.15, 0.2) is 6.61 Å². The molecular formula is C20H19ClFNO3. The average Bonchev–Trinajstić information content (AvgIpc) is 2.60. The molecule has 0 heterocycles. The molecule has 0 radical (unpaired) electrons. The zero-order valence-corrected chi connectivity index (χ0v) is 14.9. The molecule has 0 atom stereocenters. The fraction of sp³-hybridized carbons (Fsp3) is 0.300. The monoisotopic (exact) mass is 375 g/mol. The van der Waals surface area contributed by atoms with Crippen LogP contribution in [-0.2, 0) is 14.9 Å². The Kier molecular flexibility index (Phi) is 5.57. The van der Waals surface area contributed by atoms with E-state index in [0.29, 0.717) is 6.54 Å². The second-order valence-corrected chi connectivity index (χ2v) is 6.86. The summed E-state index contributed by atoms with van der Waals surface area (Å²) in [6.45, 7) is 0.00220. The molecule has 1 N–H and O–H groups in total. The van der Waals surface area contributed by atoms with Crippen LogP contribution < -0.4 is 5.32 Å². The molecule has 0 saturated heterocycles. The summed E-state index contributed by atoms with van der Waals surface area (Å²) in [5.74, 6) is -2.15. The van der Waals surface area contributed by atoms with Crippen LogP contribution in [0, 0.1) is 5.82 Å². The molecule has 1 saturated carbocycles. The average molecular weight is 376 g/mol. The quantitative estimate of drug-likeness (QED) is 0.780. The third kappa shape index (κ3) is 3.88. The molecular weight excluding hydrogens is 357 g/mol. The van der Waals surface area contributed by atoms with E-state index in [1.165, 1.54) is 17.7 Å². The topological polar surface area (TPSA) is 55.4 Å². The van der Waals surface area contributed by atoms with Gasteiger partial charge in [-0.05, 0) is 30.5 Å². The van der Waals surface area contributed by atoms with E-state index in [1.54, 1.807) is 0 Å². The molecule has 6 heteroatoms. The van der Waals surface area contributed by atoms with Crippen LogP contribution in [0.5, 0.6) is 0 Å². The van der Waals surface area contributed by atoms with Crippen LogP contribution in [0.1, 0.15) is 35.2 Å². The van der Waals surface area contributed by atoms with Crippen molar-refractivity contribution in [1.82, 2.24) is 5.32 Å². The van der Waals surface area contributed by atoms with Crippen LogP contribution in [-0.4, -0.2) is 25.0 Å². The molecule has 136 valence electrons. The van der Waals surface area contributed by atoms with Crippen LogP contribution in [0.2, 0.25) is 5.02 Å². The summed E-state index contributed by atoms with van der Waals surface area (Å²) in [7, 11) is 0. The van der Waals surface area contributed by atoms with Crippen molar-refractivity contribution in [2.24, 2.45) is 0 Å². The minimum atomic E-state index is -0.954. The Morgan fingerprint density at radius 3 is 2.46 bits per heavy atom. The summed E-state index contributed by atoms with van der Waals surface area (Å²) in [5, 5.41) is 2.77. The van der Waals surface area contributed by atoms with Crippen molar-refractivity contribution >= 4 is 23.5 Å². The lowest BCUT2D eigenvalue weighted by atomic mass is 9.64. The molecule has 2 aromatic carbocycles. The SMILES string of the molecule is O=C(COC(=O)c1c(F)cccc1Cl)NCC1(c2ccccc2)CCC1. The highest BCUT2D eigenvalue weighted by Gasteiger charge is 2.38. The molecule has 1 amide bonds. The number of halogens is 2. The van der Waals surface area contributed by atoms with E-state index < -0.39 is 24.3 Å². The van der Waals surface area contributed by atoms with Gasteiger partial charge in [0.25, 0.3) is 5.91 Å². The van der Waals surface area contributed by atoms with Crippen molar-refractivity contribution in [3.63, 3.8) is 0 Å². The van der Waals surface area contributed by atoms with Crippen LogP contribution in [0.4, 0.5) is 4.39 Å². The Balaban J connectivity index is 1.54. The Morgan fingerprint density at radius 2 is 1.85 bits per heavy atom. The van der Waals surface area contributed by atoms with Crippen LogP contribution >= 0.6 is 11.6 Å². The standard InChI is InChI=1S/C20H19ClFNO3/c21-15-8-4-9-16(22)18(15)19(25)26-12-17(24)23-13-20(10-5-11-20)14-6-2-1-3-7-14/h1-4,6-9H,5,10-13H2,(H,23,24). The molecule has 3 rings (SSSR count). The van der Waals surface area contributed by atoms with E-state index in [4.69, 9.17) is 16.3 Å². The molecule has 0 unspecified atom stereocenters. The van der Waals surface area contributed by atoms with Gasteiger partial charge in [-0.25, -0.2) is 9.18 Å². The predicted molar refractivity (Wildman–Crippen MR) is 96.7 cm³/mol. The fourth-order valence-corrected chi connectivity index (χ4v) is 3.42. The maximum atomic E-state index is 13.7. The van der Waals surface area contributed by atoms with E-state index in [2.05, 4.69) is 17.4 Å². The van der Waals surface area contributed by atoms with Gasteiger partial charge in [-0.2, -0.15) is 0 Å². The summed E-state index contributed by atoms with van der Waals surface area (Å²) >= 11 is 5.81. The van der Waals surface area contributed by atoms with Gasteiger partial charge in [0.2, 0.25) is 0 Å². The molecule has 1 aliphatic rings. The number of amides is 1. The summed E-state index contributed by atoms with van der Waals surface area (Å²) in [5.41, 5.74) is 0.777. The molecule has 1 aliphatic carbocycles. The molecule has 2 aromatic rings. The normalized spacial score (nSPS) is 15.0. The third-order valence-corrected chi connectivity index (χ3v) is 5.14. The number of rotatable bonds is 6. The highest BCUT2D eigenvalue weighted by Crippen LogP contribution is 2.43. The van der Waals surface area contributed by atoms with E-state index in [-0.39, 0.29) is 16.0 Å². The Labute approximate surface area is 156 Å². The van der Waals surface area contributed by atoms with Gasteiger partial charge in [0.1, 0.15) is 11.4 Å². The molecule has 1 fully saturated rings. The van der Waals surface area contributed by atoms with E-state index >= 15 is 0 Å². The van der Waals surface area contributed by atoms with Crippen molar-refractivity contribution in [3.05, 3.63) is 70.5 Å². The molecule has 0 bridgehead atoms. The number of carbonyl (C=O) groups is 2. The minimum Gasteiger partial charge on any atom is -0.452 e. The second kappa shape index (κ2) is 7.87. The van der Waals surface area contributed by atoms with Gasteiger partial charge >= 0.3 is 5.97 Å². The van der Waals surface area contributed by atoms with Gasteiger partial charge in [-0.1, -0.05) is 54.4 Å². The third-order valence-electron chi connectivity index (χ3n) is 4.82. The number of esters is 1. The van der Waals surface area contributed by atoms with Crippen LogP contribution in [0.15, 0.2) is 48.5 Å². The zero-order chi connectivity index (χ0) is 18.6. The van der Waals surface area contributed by atoms with Crippen molar-refractivity contribution in [2.45, 2.75) is 24.7 Å². The number of hydrogen-bond acceptors (Lipinski definition) is 3. The van der Waals surface area contributed by atoms with Gasteiger partial charge in [-0.15, -0.1) is 0 Å². The van der Waals surface area contributed by atoms with Crippen molar-refractivity contribution in [3.8, 4) is 0 Å². The van der Waals surface area contributed by atoms with Crippen molar-refractivity contribution in [2.75, 3.05) is 13.2 Å². The highest BCUT2D eigenvalue weighted by molar-refractivity contribution is 6.33. The van der Waals surface area contributed by atoms with Crippen LogP contribution in [0.3, 0.4) is 0 Å². The lowest BCUT2D eigenvalue weighted by Crippen LogP contribution is -2.46. The fourth-order valence-electron chi connectivity index (χ4n) is 3.18. The molecule has 0 aliphatic heterocycles.